The third kappa shape index (κ3) is 4.96. The third-order valence-electron chi connectivity index (χ3n) is 7.80. The molecule has 2 aromatic rings. The average molecular weight is 480 g/mol. The molecular formula is C27H37N3O3Si. The fraction of sp³-hybridized carbons (Fsp3) is 0.519. The zero-order valence-corrected chi connectivity index (χ0v) is 22.4. The normalized spacial score (nSPS) is 19.1. The lowest BCUT2D eigenvalue weighted by molar-refractivity contribution is -0.130. The summed E-state index contributed by atoms with van der Waals surface area (Å²) in [5.41, 5.74) is 5.30. The van der Waals surface area contributed by atoms with Crippen LogP contribution in [0.5, 0.6) is 0 Å². The van der Waals surface area contributed by atoms with Crippen molar-refractivity contribution in [2.75, 3.05) is 18.6 Å². The first-order chi connectivity index (χ1) is 16.0. The smallest absolute Gasteiger partial charge is 0.227 e. The van der Waals surface area contributed by atoms with Gasteiger partial charge in [0.25, 0.3) is 0 Å². The van der Waals surface area contributed by atoms with Crippen LogP contribution in [0.2, 0.25) is 18.1 Å². The van der Waals surface area contributed by atoms with Gasteiger partial charge in [-0.1, -0.05) is 26.8 Å². The Hall–Kier alpha value is -2.51. The maximum atomic E-state index is 12.7. The van der Waals surface area contributed by atoms with Crippen molar-refractivity contribution in [3.8, 4) is 11.1 Å². The highest BCUT2D eigenvalue weighted by Gasteiger charge is 2.39. The van der Waals surface area contributed by atoms with Gasteiger partial charge in [-0.05, 0) is 65.9 Å². The molecule has 0 spiro atoms. The Bertz CT molecular complexity index is 1090. The predicted octanol–water partition coefficient (Wildman–Crippen LogP) is 5.17. The van der Waals surface area contributed by atoms with Gasteiger partial charge in [0.2, 0.25) is 11.8 Å². The molecule has 0 aliphatic carbocycles. The molecule has 1 saturated heterocycles. The lowest BCUT2D eigenvalue weighted by atomic mass is 9.96. The summed E-state index contributed by atoms with van der Waals surface area (Å²) in [4.78, 5) is 32.9. The molecule has 2 aliphatic rings. The Labute approximate surface area is 204 Å². The number of aromatic nitrogens is 1. The van der Waals surface area contributed by atoms with E-state index in [4.69, 9.17) is 4.43 Å². The second-order valence-corrected chi connectivity index (χ2v) is 16.0. The molecule has 1 atom stereocenters. The van der Waals surface area contributed by atoms with Gasteiger partial charge in [0.15, 0.2) is 8.32 Å². The van der Waals surface area contributed by atoms with Crippen molar-refractivity contribution < 1.29 is 14.0 Å². The summed E-state index contributed by atoms with van der Waals surface area (Å²) < 4.78 is 6.46. The van der Waals surface area contributed by atoms with Crippen LogP contribution in [0, 0.1) is 0 Å². The van der Waals surface area contributed by atoms with E-state index in [1.807, 2.05) is 36.5 Å². The first-order valence-electron chi connectivity index (χ1n) is 12.2. The zero-order chi connectivity index (χ0) is 24.7. The number of pyridine rings is 1. The first-order valence-corrected chi connectivity index (χ1v) is 15.1. The van der Waals surface area contributed by atoms with E-state index in [0.29, 0.717) is 26.0 Å². The van der Waals surface area contributed by atoms with Gasteiger partial charge in [-0.2, -0.15) is 0 Å². The minimum atomic E-state index is -1.87. The van der Waals surface area contributed by atoms with Crippen LogP contribution in [0.1, 0.15) is 51.2 Å². The molecule has 34 heavy (non-hydrogen) atoms. The van der Waals surface area contributed by atoms with Crippen molar-refractivity contribution in [3.05, 3.63) is 47.8 Å². The monoisotopic (exact) mass is 479 g/mol. The SMILES string of the molecule is CN1C(=O)CCc2cc(-c3cncc(CN4C(=O)CCC4CO[Si](C)(C)C(C)(C)C)c3)ccc21. The summed E-state index contributed by atoms with van der Waals surface area (Å²) in [5, 5.41) is 0.148. The van der Waals surface area contributed by atoms with Crippen molar-refractivity contribution in [2.45, 2.75) is 77.2 Å². The quantitative estimate of drug-likeness (QED) is 0.536. The summed E-state index contributed by atoms with van der Waals surface area (Å²) in [5.74, 6) is 0.349. The van der Waals surface area contributed by atoms with Gasteiger partial charge >= 0.3 is 0 Å². The molecule has 3 heterocycles. The average Bonchev–Trinajstić information content (AvgIpc) is 3.13. The molecule has 0 saturated carbocycles. The molecule has 2 amide bonds. The molecular weight excluding hydrogens is 442 g/mol. The second-order valence-electron chi connectivity index (χ2n) is 11.2. The van der Waals surface area contributed by atoms with E-state index in [2.05, 4.69) is 51.0 Å². The van der Waals surface area contributed by atoms with Crippen LogP contribution in [0.3, 0.4) is 0 Å². The fourth-order valence-electron chi connectivity index (χ4n) is 4.47. The number of aryl methyl sites for hydroxylation is 1. The van der Waals surface area contributed by atoms with Crippen LogP contribution in [0.4, 0.5) is 5.69 Å². The number of fused-ring (bicyclic) bond motifs is 1. The van der Waals surface area contributed by atoms with Crippen LogP contribution < -0.4 is 4.90 Å². The highest BCUT2D eigenvalue weighted by molar-refractivity contribution is 6.74. The van der Waals surface area contributed by atoms with E-state index in [0.717, 1.165) is 35.2 Å². The van der Waals surface area contributed by atoms with Gasteiger partial charge in [0, 0.05) is 50.1 Å². The topological polar surface area (TPSA) is 62.7 Å². The summed E-state index contributed by atoms with van der Waals surface area (Å²) in [7, 11) is -0.0316. The molecule has 1 unspecified atom stereocenters. The first kappa shape index (κ1) is 24.6. The van der Waals surface area contributed by atoms with Crippen LogP contribution in [-0.4, -0.2) is 49.7 Å². The molecule has 0 radical (unpaired) electrons. The molecule has 6 nitrogen and oxygen atoms in total. The molecule has 4 rings (SSSR count). The molecule has 2 aliphatic heterocycles. The van der Waals surface area contributed by atoms with Gasteiger partial charge in [-0.15, -0.1) is 0 Å². The number of hydrogen-bond donors (Lipinski definition) is 0. The largest absolute Gasteiger partial charge is 0.415 e. The number of likely N-dealkylation sites (tertiary alicyclic amines) is 1. The molecule has 1 aromatic carbocycles. The number of carbonyl (C=O) groups is 2. The van der Waals surface area contributed by atoms with Crippen molar-refractivity contribution in [1.82, 2.24) is 9.88 Å². The third-order valence-corrected chi connectivity index (χ3v) is 12.3. The maximum Gasteiger partial charge on any atom is 0.227 e. The molecule has 0 N–H and O–H groups in total. The van der Waals surface area contributed by atoms with E-state index in [1.54, 1.807) is 4.90 Å². The highest BCUT2D eigenvalue weighted by atomic mass is 28.4. The Balaban J connectivity index is 1.49. The molecule has 0 bridgehead atoms. The van der Waals surface area contributed by atoms with E-state index >= 15 is 0 Å². The minimum absolute atomic E-state index is 0.113. The standard InChI is InChI=1S/C27H37N3O3Si/c1-27(2,3)34(5,6)33-18-23-9-12-26(32)30(23)17-19-13-22(16-28-15-19)20-7-10-24-21(14-20)8-11-25(31)29(24)4/h7,10,13-16,23H,8-9,11-12,17-18H2,1-6H3. The number of nitrogens with zero attached hydrogens (tertiary/aromatic N) is 3. The number of carbonyl (C=O) groups excluding carboxylic acids is 2. The van der Waals surface area contributed by atoms with Gasteiger partial charge in [0.1, 0.15) is 0 Å². The van der Waals surface area contributed by atoms with E-state index in [1.165, 1.54) is 5.56 Å². The van der Waals surface area contributed by atoms with E-state index < -0.39 is 8.32 Å². The highest BCUT2D eigenvalue weighted by Crippen LogP contribution is 2.37. The summed E-state index contributed by atoms with van der Waals surface area (Å²) in [6.07, 6.45) is 6.45. The van der Waals surface area contributed by atoms with Crippen molar-refractivity contribution in [2.24, 2.45) is 0 Å². The van der Waals surface area contributed by atoms with Crippen LogP contribution in [-0.2, 0) is 27.0 Å². The Morgan fingerprint density at radius 1 is 1.03 bits per heavy atom. The number of amides is 2. The predicted molar refractivity (Wildman–Crippen MR) is 138 cm³/mol. The lowest BCUT2D eigenvalue weighted by Crippen LogP contribution is -2.45. The zero-order valence-electron chi connectivity index (χ0n) is 21.4. The Kier molecular flexibility index (Phi) is 6.71. The maximum absolute atomic E-state index is 12.7. The fourth-order valence-corrected chi connectivity index (χ4v) is 5.51. The minimum Gasteiger partial charge on any atom is -0.415 e. The summed E-state index contributed by atoms with van der Waals surface area (Å²) >= 11 is 0. The van der Waals surface area contributed by atoms with Gasteiger partial charge in [-0.3, -0.25) is 14.6 Å². The molecule has 1 aromatic heterocycles. The van der Waals surface area contributed by atoms with E-state index in [-0.39, 0.29) is 22.9 Å². The van der Waals surface area contributed by atoms with Crippen molar-refractivity contribution >= 4 is 25.8 Å². The number of anilines is 1. The number of hydrogen-bond acceptors (Lipinski definition) is 4. The van der Waals surface area contributed by atoms with Crippen LogP contribution in [0.15, 0.2) is 36.7 Å². The summed E-state index contributed by atoms with van der Waals surface area (Å²) in [6.45, 7) is 12.4. The van der Waals surface area contributed by atoms with Crippen molar-refractivity contribution in [3.63, 3.8) is 0 Å². The molecule has 7 heteroatoms. The lowest BCUT2D eigenvalue weighted by Gasteiger charge is -2.38. The number of benzene rings is 1. The van der Waals surface area contributed by atoms with Crippen LogP contribution >= 0.6 is 0 Å². The molecule has 1 fully saturated rings. The Morgan fingerprint density at radius 3 is 2.53 bits per heavy atom. The van der Waals surface area contributed by atoms with Gasteiger partial charge in [-0.25, -0.2) is 0 Å². The van der Waals surface area contributed by atoms with Gasteiger partial charge in [0.05, 0.1) is 12.6 Å². The second kappa shape index (κ2) is 9.27. The van der Waals surface area contributed by atoms with Crippen LogP contribution in [0.25, 0.3) is 11.1 Å². The van der Waals surface area contributed by atoms with Gasteiger partial charge < -0.3 is 14.2 Å². The molecule has 182 valence electrons. The number of rotatable bonds is 6. The summed E-state index contributed by atoms with van der Waals surface area (Å²) in [6, 6.07) is 8.47. The van der Waals surface area contributed by atoms with E-state index in [9.17, 15) is 9.59 Å². The van der Waals surface area contributed by atoms with Crippen molar-refractivity contribution in [1.29, 1.82) is 0 Å². The Morgan fingerprint density at radius 2 is 1.79 bits per heavy atom.